The van der Waals surface area contributed by atoms with Crippen LogP contribution >= 0.6 is 15.9 Å². The van der Waals surface area contributed by atoms with Crippen LogP contribution in [0.25, 0.3) is 0 Å². The number of nitrogens with zero attached hydrogens (tertiary/aromatic N) is 1. The minimum atomic E-state index is 0.271. The van der Waals surface area contributed by atoms with E-state index in [-0.39, 0.29) is 6.10 Å². The van der Waals surface area contributed by atoms with Gasteiger partial charge < -0.3 is 4.74 Å². The first-order valence-corrected chi connectivity index (χ1v) is 6.85. The summed E-state index contributed by atoms with van der Waals surface area (Å²) in [6.07, 6.45) is 4.91. The molecule has 1 aromatic carbocycles. The van der Waals surface area contributed by atoms with E-state index in [0.29, 0.717) is 11.3 Å². The van der Waals surface area contributed by atoms with Crippen LogP contribution in [0.15, 0.2) is 22.7 Å². The lowest BCUT2D eigenvalue weighted by Crippen LogP contribution is -2.23. The Kier molecular flexibility index (Phi) is 4.06. The Morgan fingerprint density at radius 2 is 2.00 bits per heavy atom. The van der Waals surface area contributed by atoms with Crippen LogP contribution in [0, 0.1) is 17.2 Å². The van der Waals surface area contributed by atoms with E-state index in [1.54, 1.807) is 0 Å². The Morgan fingerprint density at radius 3 is 2.65 bits per heavy atom. The van der Waals surface area contributed by atoms with Gasteiger partial charge in [-0.05, 0) is 59.7 Å². The number of halogens is 1. The van der Waals surface area contributed by atoms with Gasteiger partial charge in [0, 0.05) is 4.47 Å². The maximum absolute atomic E-state index is 9.11. The number of hydrogen-bond acceptors (Lipinski definition) is 2. The Bertz CT molecular complexity index is 430. The van der Waals surface area contributed by atoms with Crippen molar-refractivity contribution in [1.82, 2.24) is 0 Å². The molecule has 0 aliphatic heterocycles. The molecule has 0 amide bonds. The molecule has 1 fully saturated rings. The Hall–Kier alpha value is -1.01. The normalized spacial score (nSPS) is 24.1. The number of hydrogen-bond donors (Lipinski definition) is 0. The highest BCUT2D eigenvalue weighted by atomic mass is 79.9. The number of ether oxygens (including phenoxy) is 1. The summed E-state index contributed by atoms with van der Waals surface area (Å²) in [4.78, 5) is 0. The highest BCUT2D eigenvalue weighted by Gasteiger charge is 2.20. The SMILES string of the molecule is CC1CCC(Oc2cccc(Br)c2C#N)CC1. The summed E-state index contributed by atoms with van der Waals surface area (Å²) in [5.41, 5.74) is 0.603. The first-order chi connectivity index (χ1) is 8.20. The maximum Gasteiger partial charge on any atom is 0.138 e. The number of rotatable bonds is 2. The van der Waals surface area contributed by atoms with Gasteiger partial charge in [0.15, 0.2) is 0 Å². The maximum atomic E-state index is 9.11. The Labute approximate surface area is 111 Å². The Balaban J connectivity index is 2.09. The fourth-order valence-electron chi connectivity index (χ4n) is 2.24. The monoisotopic (exact) mass is 293 g/mol. The lowest BCUT2D eigenvalue weighted by molar-refractivity contribution is 0.135. The second kappa shape index (κ2) is 5.55. The molecule has 1 aromatic rings. The van der Waals surface area contributed by atoms with E-state index >= 15 is 0 Å². The van der Waals surface area contributed by atoms with Gasteiger partial charge in [0.1, 0.15) is 17.4 Å². The predicted molar refractivity (Wildman–Crippen MR) is 70.9 cm³/mol. The van der Waals surface area contributed by atoms with Crippen molar-refractivity contribution in [2.24, 2.45) is 5.92 Å². The third-order valence-electron chi connectivity index (χ3n) is 3.34. The van der Waals surface area contributed by atoms with Gasteiger partial charge >= 0.3 is 0 Å². The largest absolute Gasteiger partial charge is 0.489 e. The number of nitriles is 1. The van der Waals surface area contributed by atoms with Crippen LogP contribution in [0.4, 0.5) is 0 Å². The van der Waals surface area contributed by atoms with Crippen LogP contribution in [-0.4, -0.2) is 6.10 Å². The molecule has 17 heavy (non-hydrogen) atoms. The van der Waals surface area contributed by atoms with E-state index < -0.39 is 0 Å². The molecule has 0 saturated heterocycles. The number of benzene rings is 1. The molecule has 1 aliphatic rings. The van der Waals surface area contributed by atoms with Crippen LogP contribution in [0.5, 0.6) is 5.75 Å². The summed E-state index contributed by atoms with van der Waals surface area (Å²) in [5.74, 6) is 1.52. The van der Waals surface area contributed by atoms with E-state index in [2.05, 4.69) is 28.9 Å². The fourth-order valence-corrected chi connectivity index (χ4v) is 2.67. The second-order valence-corrected chi connectivity index (χ2v) is 5.58. The van der Waals surface area contributed by atoms with Gasteiger partial charge in [-0.25, -0.2) is 0 Å². The van der Waals surface area contributed by atoms with Gasteiger partial charge in [-0.3, -0.25) is 0 Å². The van der Waals surface area contributed by atoms with E-state index in [9.17, 15) is 0 Å². The van der Waals surface area contributed by atoms with Gasteiger partial charge in [0.25, 0.3) is 0 Å². The molecular formula is C14H16BrNO. The minimum Gasteiger partial charge on any atom is -0.489 e. The molecule has 0 atom stereocenters. The molecule has 0 aromatic heterocycles. The van der Waals surface area contributed by atoms with Crippen LogP contribution in [0.2, 0.25) is 0 Å². The molecular weight excluding hydrogens is 278 g/mol. The molecule has 0 N–H and O–H groups in total. The molecule has 0 radical (unpaired) electrons. The second-order valence-electron chi connectivity index (χ2n) is 4.72. The van der Waals surface area contributed by atoms with Crippen LogP contribution in [0.1, 0.15) is 38.2 Å². The summed E-state index contributed by atoms with van der Waals surface area (Å²) in [6, 6.07) is 7.84. The Morgan fingerprint density at radius 1 is 1.29 bits per heavy atom. The quantitative estimate of drug-likeness (QED) is 0.815. The first kappa shape index (κ1) is 12.4. The fraction of sp³-hybridized carbons (Fsp3) is 0.500. The molecule has 0 bridgehead atoms. The summed E-state index contributed by atoms with van der Waals surface area (Å²) >= 11 is 3.38. The topological polar surface area (TPSA) is 33.0 Å². The molecule has 0 unspecified atom stereocenters. The third-order valence-corrected chi connectivity index (χ3v) is 4.00. The van der Waals surface area contributed by atoms with E-state index in [1.807, 2.05) is 18.2 Å². The lowest BCUT2D eigenvalue weighted by atomic mass is 9.89. The molecule has 1 saturated carbocycles. The molecule has 0 spiro atoms. The van der Waals surface area contributed by atoms with Crippen molar-refractivity contribution in [1.29, 1.82) is 5.26 Å². The van der Waals surface area contributed by atoms with Crippen LogP contribution in [0.3, 0.4) is 0 Å². The smallest absolute Gasteiger partial charge is 0.138 e. The average Bonchev–Trinajstić information content (AvgIpc) is 2.32. The summed E-state index contributed by atoms with van der Waals surface area (Å²) in [5, 5.41) is 9.11. The third kappa shape index (κ3) is 3.01. The summed E-state index contributed by atoms with van der Waals surface area (Å²) < 4.78 is 6.76. The molecule has 0 heterocycles. The zero-order valence-corrected chi connectivity index (χ0v) is 11.5. The van der Waals surface area contributed by atoms with Crippen molar-refractivity contribution in [2.45, 2.75) is 38.7 Å². The summed E-state index contributed by atoms with van der Waals surface area (Å²) in [7, 11) is 0. The first-order valence-electron chi connectivity index (χ1n) is 6.06. The van der Waals surface area contributed by atoms with E-state index in [1.165, 1.54) is 12.8 Å². The lowest BCUT2D eigenvalue weighted by Gasteiger charge is -2.27. The van der Waals surface area contributed by atoms with Gasteiger partial charge in [-0.1, -0.05) is 13.0 Å². The van der Waals surface area contributed by atoms with Crippen molar-refractivity contribution in [3.8, 4) is 11.8 Å². The van der Waals surface area contributed by atoms with Crippen molar-refractivity contribution in [3.63, 3.8) is 0 Å². The van der Waals surface area contributed by atoms with Crippen LogP contribution < -0.4 is 4.74 Å². The zero-order chi connectivity index (χ0) is 12.3. The molecule has 2 nitrogen and oxygen atoms in total. The average molecular weight is 294 g/mol. The van der Waals surface area contributed by atoms with Crippen molar-refractivity contribution in [2.75, 3.05) is 0 Å². The van der Waals surface area contributed by atoms with Crippen molar-refractivity contribution in [3.05, 3.63) is 28.2 Å². The highest BCUT2D eigenvalue weighted by molar-refractivity contribution is 9.10. The van der Waals surface area contributed by atoms with E-state index in [0.717, 1.165) is 23.2 Å². The highest BCUT2D eigenvalue weighted by Crippen LogP contribution is 2.31. The van der Waals surface area contributed by atoms with Gasteiger partial charge in [0.05, 0.1) is 6.10 Å². The van der Waals surface area contributed by atoms with Crippen molar-refractivity contribution >= 4 is 15.9 Å². The zero-order valence-electron chi connectivity index (χ0n) is 9.95. The van der Waals surface area contributed by atoms with Crippen LogP contribution in [-0.2, 0) is 0 Å². The molecule has 3 heteroatoms. The predicted octanol–water partition coefficient (Wildman–Crippen LogP) is 4.28. The minimum absolute atomic E-state index is 0.271. The molecule has 2 rings (SSSR count). The molecule has 1 aliphatic carbocycles. The summed E-state index contributed by atoms with van der Waals surface area (Å²) in [6.45, 7) is 2.29. The van der Waals surface area contributed by atoms with E-state index in [4.69, 9.17) is 10.00 Å². The molecule has 90 valence electrons. The van der Waals surface area contributed by atoms with Crippen molar-refractivity contribution < 1.29 is 4.74 Å². The standard InChI is InChI=1S/C14H16BrNO/c1-10-5-7-11(8-6-10)17-14-4-2-3-13(15)12(14)9-16/h2-4,10-11H,5-8H2,1H3. The van der Waals surface area contributed by atoms with Gasteiger partial charge in [0.2, 0.25) is 0 Å². The van der Waals surface area contributed by atoms with Gasteiger partial charge in [-0.2, -0.15) is 5.26 Å². The van der Waals surface area contributed by atoms with Gasteiger partial charge in [-0.15, -0.1) is 0 Å².